The molecular formula is C18H37IN4O. The molecule has 6 heteroatoms. The van der Waals surface area contributed by atoms with Gasteiger partial charge in [-0.25, -0.2) is 0 Å². The Morgan fingerprint density at radius 2 is 2.17 bits per heavy atom. The maximum atomic E-state index is 6.00. The molecule has 24 heavy (non-hydrogen) atoms. The maximum Gasteiger partial charge on any atom is 0.191 e. The molecule has 0 radical (unpaired) electrons. The number of guanidine groups is 1. The summed E-state index contributed by atoms with van der Waals surface area (Å²) in [5, 5.41) is 6.94. The molecule has 2 N–H and O–H groups in total. The molecule has 3 atom stereocenters. The highest BCUT2D eigenvalue weighted by Gasteiger charge is 2.32. The van der Waals surface area contributed by atoms with Gasteiger partial charge in [0.05, 0.1) is 12.7 Å². The molecule has 2 fully saturated rings. The van der Waals surface area contributed by atoms with Crippen LogP contribution in [0, 0.1) is 0 Å². The van der Waals surface area contributed by atoms with Crippen LogP contribution in [0.25, 0.3) is 0 Å². The number of hydrogen-bond acceptors (Lipinski definition) is 3. The van der Waals surface area contributed by atoms with Crippen molar-refractivity contribution in [1.82, 2.24) is 15.5 Å². The number of fused-ring (bicyclic) bond motifs is 1. The van der Waals surface area contributed by atoms with Gasteiger partial charge in [0.25, 0.3) is 0 Å². The summed E-state index contributed by atoms with van der Waals surface area (Å²) in [5.74, 6) is 0.903. The largest absolute Gasteiger partial charge is 0.373 e. The van der Waals surface area contributed by atoms with Gasteiger partial charge in [0.1, 0.15) is 0 Å². The van der Waals surface area contributed by atoms with Crippen molar-refractivity contribution in [2.24, 2.45) is 4.99 Å². The molecule has 5 nitrogen and oxygen atoms in total. The topological polar surface area (TPSA) is 48.9 Å². The second kappa shape index (κ2) is 12.3. The average molecular weight is 452 g/mol. The monoisotopic (exact) mass is 452 g/mol. The molecule has 0 saturated carbocycles. The van der Waals surface area contributed by atoms with Crippen molar-refractivity contribution in [3.05, 3.63) is 0 Å². The van der Waals surface area contributed by atoms with E-state index in [-0.39, 0.29) is 30.1 Å². The van der Waals surface area contributed by atoms with E-state index < -0.39 is 0 Å². The number of morpholine rings is 1. The van der Waals surface area contributed by atoms with E-state index >= 15 is 0 Å². The van der Waals surface area contributed by atoms with E-state index in [0.717, 1.165) is 25.7 Å². The van der Waals surface area contributed by atoms with Gasteiger partial charge in [-0.3, -0.25) is 9.89 Å². The van der Waals surface area contributed by atoms with Gasteiger partial charge in [-0.1, -0.05) is 32.6 Å². The first-order chi connectivity index (χ1) is 11.2. The fourth-order valence-corrected chi connectivity index (χ4v) is 3.60. The molecule has 2 saturated heterocycles. The Morgan fingerprint density at radius 3 is 2.92 bits per heavy atom. The molecule has 3 unspecified atom stereocenters. The Morgan fingerprint density at radius 1 is 1.33 bits per heavy atom. The van der Waals surface area contributed by atoms with Crippen LogP contribution in [-0.4, -0.2) is 62.3 Å². The number of nitrogens with zero attached hydrogens (tertiary/aromatic N) is 2. The molecule has 0 aliphatic carbocycles. The Kier molecular flexibility index (Phi) is 11.3. The van der Waals surface area contributed by atoms with E-state index in [1.54, 1.807) is 0 Å². The number of hydrogen-bond donors (Lipinski definition) is 2. The molecule has 0 amide bonds. The third-order valence-corrected chi connectivity index (χ3v) is 5.06. The number of rotatable bonds is 8. The second-order valence-corrected chi connectivity index (χ2v) is 7.09. The summed E-state index contributed by atoms with van der Waals surface area (Å²) in [5.41, 5.74) is 0. The van der Waals surface area contributed by atoms with E-state index in [2.05, 4.69) is 34.4 Å². The SMILES string of the molecule is CCCCCCC(C)NC(=NC)NCC1CN2CCCC2CO1.I. The molecule has 0 bridgehead atoms. The van der Waals surface area contributed by atoms with Crippen molar-refractivity contribution in [3.8, 4) is 0 Å². The standard InChI is InChI=1S/C18H36N4O.HI/c1-4-5-6-7-9-15(2)21-18(19-3)20-12-17-13-22-11-8-10-16(22)14-23-17;/h15-17H,4-14H2,1-3H3,(H2,19,20,21);1H. The predicted molar refractivity (Wildman–Crippen MR) is 112 cm³/mol. The molecule has 2 rings (SSSR count). The number of halogens is 1. The zero-order valence-electron chi connectivity index (χ0n) is 15.7. The lowest BCUT2D eigenvalue weighted by Gasteiger charge is -2.35. The van der Waals surface area contributed by atoms with Crippen molar-refractivity contribution >= 4 is 29.9 Å². The number of unbranched alkanes of at least 4 members (excludes halogenated alkanes) is 3. The van der Waals surface area contributed by atoms with E-state index in [4.69, 9.17) is 4.74 Å². The summed E-state index contributed by atoms with van der Waals surface area (Å²) < 4.78 is 6.00. The zero-order valence-corrected chi connectivity index (χ0v) is 18.1. The van der Waals surface area contributed by atoms with Crippen molar-refractivity contribution in [2.45, 2.75) is 77.0 Å². The van der Waals surface area contributed by atoms with Crippen LogP contribution in [0.15, 0.2) is 4.99 Å². The van der Waals surface area contributed by atoms with Gasteiger partial charge < -0.3 is 15.4 Å². The van der Waals surface area contributed by atoms with Crippen molar-refractivity contribution in [3.63, 3.8) is 0 Å². The van der Waals surface area contributed by atoms with Crippen LogP contribution in [-0.2, 0) is 4.74 Å². The van der Waals surface area contributed by atoms with E-state index in [0.29, 0.717) is 12.1 Å². The number of nitrogens with one attached hydrogen (secondary N) is 2. The summed E-state index contributed by atoms with van der Waals surface area (Å²) in [6, 6.07) is 1.14. The van der Waals surface area contributed by atoms with Gasteiger partial charge in [0.2, 0.25) is 0 Å². The lowest BCUT2D eigenvalue weighted by Crippen LogP contribution is -2.52. The molecule has 2 heterocycles. The van der Waals surface area contributed by atoms with Crippen molar-refractivity contribution in [1.29, 1.82) is 0 Å². The highest BCUT2D eigenvalue weighted by Crippen LogP contribution is 2.22. The fourth-order valence-electron chi connectivity index (χ4n) is 3.60. The lowest BCUT2D eigenvalue weighted by atomic mass is 10.1. The first-order valence-corrected chi connectivity index (χ1v) is 9.55. The minimum Gasteiger partial charge on any atom is -0.373 e. The Bertz CT molecular complexity index is 367. The smallest absolute Gasteiger partial charge is 0.191 e. The molecular weight excluding hydrogens is 415 g/mol. The normalized spacial score (nSPS) is 25.7. The van der Waals surface area contributed by atoms with Crippen LogP contribution < -0.4 is 10.6 Å². The minimum absolute atomic E-state index is 0. The highest BCUT2D eigenvalue weighted by molar-refractivity contribution is 14.0. The second-order valence-electron chi connectivity index (χ2n) is 7.09. The van der Waals surface area contributed by atoms with Gasteiger partial charge in [-0.15, -0.1) is 24.0 Å². The third kappa shape index (κ3) is 7.44. The van der Waals surface area contributed by atoms with Gasteiger partial charge in [0, 0.05) is 32.2 Å². The molecule has 0 aromatic rings. The van der Waals surface area contributed by atoms with Crippen LogP contribution in [0.3, 0.4) is 0 Å². The lowest BCUT2D eigenvalue weighted by molar-refractivity contribution is -0.0453. The Balaban J connectivity index is 0.00000288. The van der Waals surface area contributed by atoms with E-state index in [9.17, 15) is 0 Å². The van der Waals surface area contributed by atoms with Crippen LogP contribution in [0.5, 0.6) is 0 Å². The van der Waals surface area contributed by atoms with Gasteiger partial charge >= 0.3 is 0 Å². The Labute approximate surface area is 165 Å². The van der Waals surface area contributed by atoms with Crippen LogP contribution in [0.2, 0.25) is 0 Å². The molecule has 2 aliphatic rings. The van der Waals surface area contributed by atoms with Crippen molar-refractivity contribution < 1.29 is 4.74 Å². The minimum atomic E-state index is 0. The van der Waals surface area contributed by atoms with Crippen LogP contribution >= 0.6 is 24.0 Å². The van der Waals surface area contributed by atoms with E-state index in [1.165, 1.54) is 51.5 Å². The number of aliphatic imine (C=N–C) groups is 1. The summed E-state index contributed by atoms with van der Waals surface area (Å²) in [4.78, 5) is 6.93. The summed E-state index contributed by atoms with van der Waals surface area (Å²) in [6.07, 6.45) is 9.38. The molecule has 142 valence electrons. The first-order valence-electron chi connectivity index (χ1n) is 9.55. The quantitative estimate of drug-likeness (QED) is 0.257. The predicted octanol–water partition coefficient (Wildman–Crippen LogP) is 2.99. The third-order valence-electron chi connectivity index (χ3n) is 5.06. The summed E-state index contributed by atoms with van der Waals surface area (Å²) in [7, 11) is 1.84. The maximum absolute atomic E-state index is 6.00. The molecule has 0 aromatic carbocycles. The summed E-state index contributed by atoms with van der Waals surface area (Å²) in [6.45, 7) is 8.53. The van der Waals surface area contributed by atoms with Gasteiger partial charge in [-0.2, -0.15) is 0 Å². The van der Waals surface area contributed by atoms with Crippen LogP contribution in [0.4, 0.5) is 0 Å². The van der Waals surface area contributed by atoms with Gasteiger partial charge in [-0.05, 0) is 32.7 Å². The highest BCUT2D eigenvalue weighted by atomic mass is 127. The summed E-state index contributed by atoms with van der Waals surface area (Å²) >= 11 is 0. The van der Waals surface area contributed by atoms with Crippen molar-refractivity contribution in [2.75, 3.05) is 33.3 Å². The molecule has 0 spiro atoms. The first kappa shape index (κ1) is 22.0. The van der Waals surface area contributed by atoms with Gasteiger partial charge in [0.15, 0.2) is 5.96 Å². The molecule has 0 aromatic heterocycles. The van der Waals surface area contributed by atoms with E-state index in [1.807, 2.05) is 7.05 Å². The average Bonchev–Trinajstić information content (AvgIpc) is 3.03. The zero-order chi connectivity index (χ0) is 16.5. The Hall–Kier alpha value is -0.0800. The number of ether oxygens (including phenoxy) is 1. The fraction of sp³-hybridized carbons (Fsp3) is 0.944. The molecule has 2 aliphatic heterocycles. The van der Waals surface area contributed by atoms with Crippen LogP contribution in [0.1, 0.15) is 58.8 Å².